The Morgan fingerprint density at radius 1 is 0.821 bits per heavy atom. The summed E-state index contributed by atoms with van der Waals surface area (Å²) >= 11 is 0. The summed E-state index contributed by atoms with van der Waals surface area (Å²) in [4.78, 5) is 16.2. The molecule has 0 aliphatic carbocycles. The molecule has 3 rings (SSSR count). The molecule has 7 N–H and O–H groups in total. The van der Waals surface area contributed by atoms with Gasteiger partial charge in [-0.1, -0.05) is 18.2 Å². The number of nitrogens with one attached hydrogen (secondary N) is 1. The molecule has 0 aliphatic rings. The summed E-state index contributed by atoms with van der Waals surface area (Å²) in [7, 11) is 0. The normalized spacial score (nSPS) is 9.57. The number of carbonyl (C=O) groups excluding carboxylic acids is 1. The van der Waals surface area contributed by atoms with Gasteiger partial charge in [0.25, 0.3) is 0 Å². The van der Waals surface area contributed by atoms with Crippen LogP contribution in [0.1, 0.15) is 15.9 Å². The molecule has 9 heteroatoms. The van der Waals surface area contributed by atoms with Crippen molar-refractivity contribution in [3.8, 4) is 5.75 Å². The number of fused-ring (bicyclic) bond motifs is 1. The van der Waals surface area contributed by atoms with Gasteiger partial charge in [0, 0.05) is 5.56 Å². The number of hydrogen-bond donors (Lipinski definition) is 4. The molecule has 0 unspecified atom stereocenters. The van der Waals surface area contributed by atoms with Gasteiger partial charge in [-0.15, -0.1) is 24.8 Å². The molecule has 0 radical (unpaired) electrons. The molecule has 0 atom stereocenters. The Kier molecular flexibility index (Phi) is 7.79. The number of aliphatic imine (C=N–C) groups is 1. The number of nitrogen functional groups attached to an aromatic ring is 1. The molecule has 0 aliphatic heterocycles. The second-order valence-corrected chi connectivity index (χ2v) is 5.61. The van der Waals surface area contributed by atoms with Crippen molar-refractivity contribution in [3.05, 3.63) is 71.8 Å². The van der Waals surface area contributed by atoms with Crippen LogP contribution in [0, 0.1) is 5.41 Å². The van der Waals surface area contributed by atoms with Crippen LogP contribution in [0.4, 0.5) is 5.69 Å². The number of guanidine groups is 1. The van der Waals surface area contributed by atoms with Crippen LogP contribution in [0.15, 0.2) is 65.7 Å². The average molecular weight is 420 g/mol. The van der Waals surface area contributed by atoms with E-state index in [0.717, 1.165) is 10.8 Å². The van der Waals surface area contributed by atoms with E-state index in [1.165, 1.54) is 0 Å². The lowest BCUT2D eigenvalue weighted by molar-refractivity contribution is 0.0735. The van der Waals surface area contributed by atoms with E-state index in [9.17, 15) is 4.79 Å². The van der Waals surface area contributed by atoms with Crippen LogP contribution in [0.2, 0.25) is 0 Å². The zero-order valence-corrected chi connectivity index (χ0v) is 16.2. The van der Waals surface area contributed by atoms with E-state index in [1.54, 1.807) is 42.5 Å². The number of nitrogens with zero attached hydrogens (tertiary/aromatic N) is 1. The Morgan fingerprint density at radius 2 is 1.39 bits per heavy atom. The van der Waals surface area contributed by atoms with Gasteiger partial charge in [0.15, 0.2) is 5.96 Å². The van der Waals surface area contributed by atoms with Crippen molar-refractivity contribution < 1.29 is 9.53 Å². The maximum atomic E-state index is 12.3. The number of esters is 1. The highest BCUT2D eigenvalue weighted by molar-refractivity contribution is 5.99. The lowest BCUT2D eigenvalue weighted by Gasteiger charge is -2.07. The van der Waals surface area contributed by atoms with E-state index in [-0.39, 0.29) is 36.6 Å². The minimum Gasteiger partial charge on any atom is -0.423 e. The summed E-state index contributed by atoms with van der Waals surface area (Å²) < 4.78 is 5.42. The SMILES string of the molecule is Cl.Cl.N=C(N)c1ccc2cc(OC(=O)c3ccc(N=C(N)N)cc3)ccc2c1. The van der Waals surface area contributed by atoms with Gasteiger partial charge in [0.1, 0.15) is 11.6 Å². The number of nitrogens with two attached hydrogens (primary N) is 3. The maximum Gasteiger partial charge on any atom is 0.343 e. The summed E-state index contributed by atoms with van der Waals surface area (Å²) in [5.74, 6) is -0.108. The van der Waals surface area contributed by atoms with Gasteiger partial charge < -0.3 is 21.9 Å². The number of rotatable bonds is 4. The second kappa shape index (κ2) is 9.59. The molecule has 0 heterocycles. The molecule has 0 saturated carbocycles. The van der Waals surface area contributed by atoms with Crippen molar-refractivity contribution in [1.82, 2.24) is 0 Å². The van der Waals surface area contributed by atoms with Crippen LogP contribution in [0.5, 0.6) is 5.75 Å². The molecule has 3 aromatic carbocycles. The summed E-state index contributed by atoms with van der Waals surface area (Å²) in [5.41, 5.74) is 17.7. The predicted octanol–water partition coefficient (Wildman–Crippen LogP) is 3.09. The minimum atomic E-state index is -0.485. The molecule has 0 spiro atoms. The lowest BCUT2D eigenvalue weighted by atomic mass is 10.1. The topological polar surface area (TPSA) is 141 Å². The monoisotopic (exact) mass is 419 g/mol. The Bertz CT molecular complexity index is 1030. The number of halogens is 2. The minimum absolute atomic E-state index is 0. The van der Waals surface area contributed by atoms with E-state index in [1.807, 2.05) is 18.2 Å². The average Bonchev–Trinajstić information content (AvgIpc) is 2.61. The Labute approximate surface area is 173 Å². The highest BCUT2D eigenvalue weighted by Gasteiger charge is 2.09. The van der Waals surface area contributed by atoms with Crippen molar-refractivity contribution >= 4 is 59.0 Å². The zero-order valence-electron chi connectivity index (χ0n) is 14.6. The quantitative estimate of drug-likeness (QED) is 0.222. The lowest BCUT2D eigenvalue weighted by Crippen LogP contribution is -2.21. The fraction of sp³-hybridized carbons (Fsp3) is 0. The number of amidine groups is 1. The van der Waals surface area contributed by atoms with Crippen LogP contribution >= 0.6 is 24.8 Å². The molecule has 146 valence electrons. The zero-order chi connectivity index (χ0) is 18.7. The van der Waals surface area contributed by atoms with Crippen LogP contribution < -0.4 is 21.9 Å². The Morgan fingerprint density at radius 3 is 2.00 bits per heavy atom. The molecule has 0 fully saturated rings. The standard InChI is InChI=1S/C19H17N5O2.2ClH/c20-17(21)14-2-1-13-10-16(8-5-12(13)9-14)26-18(25)11-3-6-15(7-4-11)24-19(22)23;;/h1-10H,(H3,20,21)(H4,22,23,24);2*1H. The molecular weight excluding hydrogens is 401 g/mol. The van der Waals surface area contributed by atoms with Crippen LogP contribution in [0.3, 0.4) is 0 Å². The van der Waals surface area contributed by atoms with E-state index in [0.29, 0.717) is 22.6 Å². The molecule has 7 nitrogen and oxygen atoms in total. The third kappa shape index (κ3) is 5.35. The fourth-order valence-electron chi connectivity index (χ4n) is 2.44. The largest absolute Gasteiger partial charge is 0.423 e. The first-order valence-electron chi connectivity index (χ1n) is 7.72. The van der Waals surface area contributed by atoms with Crippen molar-refractivity contribution in [1.29, 1.82) is 5.41 Å². The summed E-state index contributed by atoms with van der Waals surface area (Å²) in [6.45, 7) is 0. The fourth-order valence-corrected chi connectivity index (χ4v) is 2.44. The van der Waals surface area contributed by atoms with Crippen LogP contribution in [-0.4, -0.2) is 17.8 Å². The first-order chi connectivity index (χ1) is 12.4. The molecule has 0 bridgehead atoms. The number of benzene rings is 3. The maximum absolute atomic E-state index is 12.3. The van der Waals surface area contributed by atoms with Gasteiger partial charge in [0.05, 0.1) is 11.3 Å². The summed E-state index contributed by atoms with van der Waals surface area (Å²) in [5, 5.41) is 9.26. The van der Waals surface area contributed by atoms with E-state index < -0.39 is 5.97 Å². The van der Waals surface area contributed by atoms with E-state index in [4.69, 9.17) is 27.3 Å². The summed E-state index contributed by atoms with van der Waals surface area (Å²) in [6.07, 6.45) is 0. The smallest absolute Gasteiger partial charge is 0.343 e. The molecule has 3 aromatic rings. The van der Waals surface area contributed by atoms with Gasteiger partial charge in [-0.25, -0.2) is 9.79 Å². The van der Waals surface area contributed by atoms with Gasteiger partial charge in [-0.3, -0.25) is 5.41 Å². The molecule has 0 amide bonds. The van der Waals surface area contributed by atoms with Gasteiger partial charge in [-0.05, 0) is 53.2 Å². The third-order valence-electron chi connectivity index (χ3n) is 3.69. The van der Waals surface area contributed by atoms with Crippen LogP contribution in [-0.2, 0) is 0 Å². The van der Waals surface area contributed by atoms with E-state index in [2.05, 4.69) is 4.99 Å². The van der Waals surface area contributed by atoms with Crippen molar-refractivity contribution in [2.24, 2.45) is 22.2 Å². The number of carbonyl (C=O) groups is 1. The van der Waals surface area contributed by atoms with Gasteiger partial charge in [-0.2, -0.15) is 0 Å². The molecular formula is C19H19Cl2N5O2. The first-order valence-corrected chi connectivity index (χ1v) is 7.72. The Balaban J connectivity index is 0.00000196. The highest BCUT2D eigenvalue weighted by atomic mass is 35.5. The van der Waals surface area contributed by atoms with E-state index >= 15 is 0 Å². The second-order valence-electron chi connectivity index (χ2n) is 5.61. The van der Waals surface area contributed by atoms with Crippen molar-refractivity contribution in [2.75, 3.05) is 0 Å². The highest BCUT2D eigenvalue weighted by Crippen LogP contribution is 2.23. The van der Waals surface area contributed by atoms with Crippen molar-refractivity contribution in [2.45, 2.75) is 0 Å². The molecule has 0 aromatic heterocycles. The van der Waals surface area contributed by atoms with Gasteiger partial charge >= 0.3 is 5.97 Å². The Hall–Kier alpha value is -3.29. The predicted molar refractivity (Wildman–Crippen MR) is 116 cm³/mol. The number of hydrogen-bond acceptors (Lipinski definition) is 4. The third-order valence-corrected chi connectivity index (χ3v) is 3.69. The molecule has 28 heavy (non-hydrogen) atoms. The number of ether oxygens (including phenoxy) is 1. The molecule has 0 saturated heterocycles. The van der Waals surface area contributed by atoms with Gasteiger partial charge in [0.2, 0.25) is 0 Å². The van der Waals surface area contributed by atoms with Crippen LogP contribution in [0.25, 0.3) is 10.8 Å². The first kappa shape index (κ1) is 22.8. The van der Waals surface area contributed by atoms with Crippen molar-refractivity contribution in [3.63, 3.8) is 0 Å². The summed E-state index contributed by atoms with van der Waals surface area (Å²) in [6, 6.07) is 17.1.